The van der Waals surface area contributed by atoms with Gasteiger partial charge in [0.15, 0.2) is 6.29 Å². The number of hydrogen-bond acceptors (Lipinski definition) is 4. The number of carbonyl (C=O) groups excluding carboxylic acids is 1. The number of aryl methyl sites for hydroxylation is 1. The summed E-state index contributed by atoms with van der Waals surface area (Å²) in [5, 5.41) is 3.17. The molecule has 1 fully saturated rings. The van der Waals surface area contributed by atoms with E-state index in [1.165, 1.54) is 0 Å². The summed E-state index contributed by atoms with van der Waals surface area (Å²) in [5.74, 6) is 0. The highest BCUT2D eigenvalue weighted by molar-refractivity contribution is 5.83. The number of aldehydes is 1. The Morgan fingerprint density at radius 3 is 2.95 bits per heavy atom. The first-order valence-corrected chi connectivity index (χ1v) is 6.72. The number of pyridine rings is 1. The maximum absolute atomic E-state index is 12.1. The van der Waals surface area contributed by atoms with Crippen molar-refractivity contribution in [3.63, 3.8) is 0 Å². The van der Waals surface area contributed by atoms with Gasteiger partial charge in [0, 0.05) is 25.4 Å². The lowest BCUT2D eigenvalue weighted by Gasteiger charge is -2.16. The molecular weight excluding hydrogens is 244 g/mol. The second-order valence-corrected chi connectivity index (χ2v) is 4.80. The zero-order valence-corrected chi connectivity index (χ0v) is 11.4. The largest absolute Gasteiger partial charge is 0.382 e. The van der Waals surface area contributed by atoms with Gasteiger partial charge in [0.25, 0.3) is 5.56 Å². The molecule has 1 aliphatic heterocycles. The predicted octanol–water partition coefficient (Wildman–Crippen LogP) is 1.58. The standard InChI is InChI=1S/C14H20N2O3/c1-3-16-10(2)7-13(12(9-17)14(16)18)15-8-11-5-4-6-19-11/h7,9,11,15H,3-6,8H2,1-2H3/t11-/m0/s1. The first-order chi connectivity index (χ1) is 9.17. The summed E-state index contributed by atoms with van der Waals surface area (Å²) < 4.78 is 7.12. The number of ether oxygens (including phenoxy) is 1. The third-order valence-electron chi connectivity index (χ3n) is 3.52. The fourth-order valence-electron chi connectivity index (χ4n) is 2.47. The fraction of sp³-hybridized carbons (Fsp3) is 0.571. The van der Waals surface area contributed by atoms with Crippen LogP contribution in [0.5, 0.6) is 0 Å². The minimum absolute atomic E-state index is 0.174. The van der Waals surface area contributed by atoms with Crippen molar-refractivity contribution in [2.45, 2.75) is 39.3 Å². The summed E-state index contributed by atoms with van der Waals surface area (Å²) in [7, 11) is 0. The van der Waals surface area contributed by atoms with E-state index in [0.717, 1.165) is 25.1 Å². The van der Waals surface area contributed by atoms with Gasteiger partial charge in [-0.25, -0.2) is 0 Å². The highest BCUT2D eigenvalue weighted by atomic mass is 16.5. The summed E-state index contributed by atoms with van der Waals surface area (Å²) in [6, 6.07) is 1.85. The Hall–Kier alpha value is -1.62. The van der Waals surface area contributed by atoms with E-state index >= 15 is 0 Å². The molecule has 5 nitrogen and oxygen atoms in total. The third-order valence-corrected chi connectivity index (χ3v) is 3.52. The molecule has 2 heterocycles. The number of anilines is 1. The van der Waals surface area contributed by atoms with Crippen molar-refractivity contribution >= 4 is 12.0 Å². The molecule has 0 bridgehead atoms. The molecule has 1 atom stereocenters. The van der Waals surface area contributed by atoms with Crippen LogP contribution in [0, 0.1) is 6.92 Å². The molecule has 0 spiro atoms. The molecule has 0 amide bonds. The van der Waals surface area contributed by atoms with Crippen molar-refractivity contribution in [1.82, 2.24) is 4.57 Å². The highest BCUT2D eigenvalue weighted by Crippen LogP contribution is 2.16. The van der Waals surface area contributed by atoms with Gasteiger partial charge in [0.2, 0.25) is 0 Å². The summed E-state index contributed by atoms with van der Waals surface area (Å²) in [6.45, 7) is 5.76. The van der Waals surface area contributed by atoms with Crippen LogP contribution in [-0.4, -0.2) is 30.1 Å². The Morgan fingerprint density at radius 1 is 1.58 bits per heavy atom. The molecule has 0 aromatic carbocycles. The zero-order valence-electron chi connectivity index (χ0n) is 11.4. The average molecular weight is 264 g/mol. The van der Waals surface area contributed by atoms with Crippen LogP contribution in [0.15, 0.2) is 10.9 Å². The smallest absolute Gasteiger partial charge is 0.263 e. The molecule has 2 rings (SSSR count). The molecule has 1 saturated heterocycles. The molecule has 1 N–H and O–H groups in total. The van der Waals surface area contributed by atoms with E-state index in [0.29, 0.717) is 25.1 Å². The van der Waals surface area contributed by atoms with Gasteiger partial charge < -0.3 is 14.6 Å². The Labute approximate surface area is 112 Å². The second-order valence-electron chi connectivity index (χ2n) is 4.80. The maximum Gasteiger partial charge on any atom is 0.263 e. The van der Waals surface area contributed by atoms with Crippen LogP contribution in [0.3, 0.4) is 0 Å². The van der Waals surface area contributed by atoms with Crippen molar-refractivity contribution in [2.24, 2.45) is 0 Å². The number of hydrogen-bond donors (Lipinski definition) is 1. The van der Waals surface area contributed by atoms with E-state index in [4.69, 9.17) is 4.74 Å². The third kappa shape index (κ3) is 2.87. The SMILES string of the molecule is CCn1c(C)cc(NC[C@@H]2CCCO2)c(C=O)c1=O. The Bertz CT molecular complexity index is 516. The van der Waals surface area contributed by atoms with Crippen LogP contribution >= 0.6 is 0 Å². The van der Waals surface area contributed by atoms with Gasteiger partial charge in [-0.2, -0.15) is 0 Å². The monoisotopic (exact) mass is 264 g/mol. The summed E-state index contributed by atoms with van der Waals surface area (Å²) >= 11 is 0. The zero-order chi connectivity index (χ0) is 13.8. The molecule has 5 heteroatoms. The molecular formula is C14H20N2O3. The molecule has 1 aliphatic rings. The first kappa shape index (κ1) is 13.8. The molecule has 0 saturated carbocycles. The van der Waals surface area contributed by atoms with Gasteiger partial charge in [-0.3, -0.25) is 9.59 Å². The Kier molecular flexibility index (Phi) is 4.37. The van der Waals surface area contributed by atoms with Crippen molar-refractivity contribution in [2.75, 3.05) is 18.5 Å². The van der Waals surface area contributed by atoms with E-state index in [1.54, 1.807) is 4.57 Å². The van der Waals surface area contributed by atoms with Gasteiger partial charge in [0.1, 0.15) is 5.56 Å². The normalized spacial score (nSPS) is 18.5. The van der Waals surface area contributed by atoms with Crippen LogP contribution in [0.2, 0.25) is 0 Å². The minimum atomic E-state index is -0.229. The number of rotatable bonds is 5. The van der Waals surface area contributed by atoms with E-state index in [-0.39, 0.29) is 17.2 Å². The molecule has 0 aliphatic carbocycles. The number of carbonyl (C=O) groups is 1. The van der Waals surface area contributed by atoms with E-state index in [2.05, 4.69) is 5.32 Å². The molecule has 104 valence electrons. The maximum atomic E-state index is 12.1. The Morgan fingerprint density at radius 2 is 2.37 bits per heavy atom. The molecule has 0 radical (unpaired) electrons. The van der Waals surface area contributed by atoms with E-state index in [9.17, 15) is 9.59 Å². The van der Waals surface area contributed by atoms with Crippen LogP contribution in [0.1, 0.15) is 35.8 Å². The number of nitrogens with one attached hydrogen (secondary N) is 1. The minimum Gasteiger partial charge on any atom is -0.382 e. The predicted molar refractivity (Wildman–Crippen MR) is 74.0 cm³/mol. The van der Waals surface area contributed by atoms with Crippen LogP contribution in [-0.2, 0) is 11.3 Å². The van der Waals surface area contributed by atoms with Crippen LogP contribution in [0.25, 0.3) is 0 Å². The summed E-state index contributed by atoms with van der Waals surface area (Å²) in [4.78, 5) is 23.3. The topological polar surface area (TPSA) is 60.3 Å². The van der Waals surface area contributed by atoms with Crippen molar-refractivity contribution < 1.29 is 9.53 Å². The molecule has 19 heavy (non-hydrogen) atoms. The van der Waals surface area contributed by atoms with Gasteiger partial charge in [-0.05, 0) is 32.8 Å². The first-order valence-electron chi connectivity index (χ1n) is 6.72. The Balaban J connectivity index is 2.23. The molecule has 1 aromatic heterocycles. The lowest BCUT2D eigenvalue weighted by Crippen LogP contribution is -2.28. The van der Waals surface area contributed by atoms with Crippen molar-refractivity contribution in [3.05, 3.63) is 27.7 Å². The van der Waals surface area contributed by atoms with E-state index in [1.807, 2.05) is 19.9 Å². The van der Waals surface area contributed by atoms with Gasteiger partial charge in [-0.15, -0.1) is 0 Å². The molecule has 1 aromatic rings. The highest BCUT2D eigenvalue weighted by Gasteiger charge is 2.17. The van der Waals surface area contributed by atoms with Gasteiger partial charge >= 0.3 is 0 Å². The van der Waals surface area contributed by atoms with Crippen LogP contribution < -0.4 is 10.9 Å². The molecule has 0 unspecified atom stereocenters. The van der Waals surface area contributed by atoms with Crippen molar-refractivity contribution in [3.8, 4) is 0 Å². The lowest BCUT2D eigenvalue weighted by atomic mass is 10.2. The fourth-order valence-corrected chi connectivity index (χ4v) is 2.47. The van der Waals surface area contributed by atoms with Crippen molar-refractivity contribution in [1.29, 1.82) is 0 Å². The quantitative estimate of drug-likeness (QED) is 0.820. The second kappa shape index (κ2) is 6.02. The number of nitrogens with zero attached hydrogens (tertiary/aromatic N) is 1. The average Bonchev–Trinajstić information content (AvgIpc) is 2.89. The van der Waals surface area contributed by atoms with Crippen LogP contribution in [0.4, 0.5) is 5.69 Å². The van der Waals surface area contributed by atoms with Gasteiger partial charge in [-0.1, -0.05) is 0 Å². The van der Waals surface area contributed by atoms with Gasteiger partial charge in [0.05, 0.1) is 11.8 Å². The number of aromatic nitrogens is 1. The summed E-state index contributed by atoms with van der Waals surface area (Å²) in [6.07, 6.45) is 2.90. The van der Waals surface area contributed by atoms with E-state index < -0.39 is 0 Å². The summed E-state index contributed by atoms with van der Waals surface area (Å²) in [5.41, 5.74) is 1.43. The lowest BCUT2D eigenvalue weighted by molar-refractivity contribution is 0.112.